The van der Waals surface area contributed by atoms with E-state index < -0.39 is 5.91 Å². The number of hydrogen-bond acceptors (Lipinski definition) is 7. The van der Waals surface area contributed by atoms with Crippen LogP contribution in [0.4, 0.5) is 5.82 Å². The van der Waals surface area contributed by atoms with Crippen LogP contribution in [0.15, 0.2) is 72.1 Å². The molecule has 1 aliphatic heterocycles. The number of hydrogen-bond donors (Lipinski definition) is 4. The molecule has 3 heterocycles. The molecular formula is C29H25N5O3S. The summed E-state index contributed by atoms with van der Waals surface area (Å²) in [4.78, 5) is 30.9. The maximum Gasteiger partial charge on any atom is 0.266 e. The summed E-state index contributed by atoms with van der Waals surface area (Å²) < 4.78 is 0. The predicted molar refractivity (Wildman–Crippen MR) is 147 cm³/mol. The number of nitriles is 1. The third-order valence-electron chi connectivity index (χ3n) is 6.36. The number of para-hydroxylation sites is 1. The average Bonchev–Trinajstić information content (AvgIpc) is 3.49. The number of nitrogens with one attached hydrogen (secondary N) is 3. The minimum Gasteiger partial charge on any atom is -0.507 e. The Bertz CT molecular complexity index is 1520. The highest BCUT2D eigenvalue weighted by molar-refractivity contribution is 7.12. The van der Waals surface area contributed by atoms with Crippen LogP contribution in [0.5, 0.6) is 5.75 Å². The molecular weight excluding hydrogens is 498 g/mol. The molecule has 5 rings (SSSR count). The number of aromatic hydroxyl groups is 1. The van der Waals surface area contributed by atoms with Gasteiger partial charge in [0.2, 0.25) is 0 Å². The second-order valence-corrected chi connectivity index (χ2v) is 9.88. The molecule has 0 aliphatic carbocycles. The summed E-state index contributed by atoms with van der Waals surface area (Å²) >= 11 is 1.27. The number of phenols is 1. The van der Waals surface area contributed by atoms with Gasteiger partial charge in [0.1, 0.15) is 17.4 Å². The number of pyridine rings is 1. The Labute approximate surface area is 224 Å². The third kappa shape index (κ3) is 5.42. The molecule has 8 nitrogen and oxygen atoms in total. The van der Waals surface area contributed by atoms with E-state index >= 15 is 0 Å². The first-order chi connectivity index (χ1) is 18.5. The molecule has 2 aromatic carbocycles. The number of aromatic nitrogens is 1. The van der Waals surface area contributed by atoms with Crippen molar-refractivity contribution < 1.29 is 14.7 Å². The van der Waals surface area contributed by atoms with Gasteiger partial charge in [-0.15, -0.1) is 11.3 Å². The first-order valence-electron chi connectivity index (χ1n) is 12.2. The van der Waals surface area contributed by atoms with Crippen molar-refractivity contribution in [3.05, 3.63) is 88.1 Å². The van der Waals surface area contributed by atoms with Crippen molar-refractivity contribution in [1.82, 2.24) is 15.6 Å². The third-order valence-corrected chi connectivity index (χ3v) is 7.22. The number of nitrogens with zero attached hydrogens (tertiary/aromatic N) is 2. The van der Waals surface area contributed by atoms with E-state index in [0.717, 1.165) is 25.9 Å². The van der Waals surface area contributed by atoms with E-state index in [1.165, 1.54) is 11.3 Å². The minimum atomic E-state index is -0.390. The second kappa shape index (κ2) is 11.3. The van der Waals surface area contributed by atoms with E-state index in [2.05, 4.69) is 27.0 Å². The number of phenolic OH excluding ortho intramolecular Hbond substituents is 1. The van der Waals surface area contributed by atoms with Crippen LogP contribution >= 0.6 is 11.3 Å². The van der Waals surface area contributed by atoms with Crippen LogP contribution < -0.4 is 16.0 Å². The largest absolute Gasteiger partial charge is 0.507 e. The second-order valence-electron chi connectivity index (χ2n) is 8.94. The number of carbonyl (C=O) groups excluding carboxylic acids is 2. The minimum absolute atomic E-state index is 0.0143. The quantitative estimate of drug-likeness (QED) is 0.288. The molecule has 0 saturated carbocycles. The smallest absolute Gasteiger partial charge is 0.266 e. The molecule has 1 fully saturated rings. The van der Waals surface area contributed by atoms with Crippen molar-refractivity contribution >= 4 is 29.0 Å². The number of anilines is 1. The van der Waals surface area contributed by atoms with Gasteiger partial charge in [0.05, 0.1) is 10.6 Å². The van der Waals surface area contributed by atoms with Crippen LogP contribution in [0, 0.1) is 11.3 Å². The summed E-state index contributed by atoms with van der Waals surface area (Å²) in [5, 5.41) is 31.6. The Morgan fingerprint density at radius 1 is 1.05 bits per heavy atom. The van der Waals surface area contributed by atoms with Crippen molar-refractivity contribution in [2.45, 2.75) is 18.9 Å². The lowest BCUT2D eigenvalue weighted by molar-refractivity contribution is 0.0930. The highest BCUT2D eigenvalue weighted by Gasteiger charge is 2.21. The molecule has 0 bridgehead atoms. The van der Waals surface area contributed by atoms with Gasteiger partial charge < -0.3 is 21.1 Å². The summed E-state index contributed by atoms with van der Waals surface area (Å²) in [6.45, 7) is 1.68. The summed E-state index contributed by atoms with van der Waals surface area (Å²) in [5.41, 5.74) is 2.54. The molecule has 1 atom stereocenters. The number of benzene rings is 2. The Balaban J connectivity index is 1.58. The molecule has 38 heavy (non-hydrogen) atoms. The molecule has 1 saturated heterocycles. The van der Waals surface area contributed by atoms with Gasteiger partial charge in [-0.2, -0.15) is 5.26 Å². The van der Waals surface area contributed by atoms with Crippen LogP contribution in [-0.4, -0.2) is 41.0 Å². The Morgan fingerprint density at radius 3 is 2.66 bits per heavy atom. The van der Waals surface area contributed by atoms with Crippen molar-refractivity contribution in [3.8, 4) is 34.2 Å². The van der Waals surface area contributed by atoms with Crippen LogP contribution in [0.25, 0.3) is 22.4 Å². The van der Waals surface area contributed by atoms with E-state index in [-0.39, 0.29) is 29.1 Å². The lowest BCUT2D eigenvalue weighted by atomic mass is 9.96. The predicted octanol–water partition coefficient (Wildman–Crippen LogP) is 4.79. The topological polar surface area (TPSA) is 127 Å². The fraction of sp³-hybridized carbons (Fsp3) is 0.172. The number of piperidine rings is 1. The van der Waals surface area contributed by atoms with Gasteiger partial charge in [0.25, 0.3) is 11.8 Å². The Kier molecular flexibility index (Phi) is 7.45. The standard InChI is InChI=1S/C29H25N5O3S/c30-16-23-22(18-6-3-7-19(14-18)28(36)32-20-8-4-12-31-17-20)15-24(21-9-1-2-10-25(21)35)33-27(23)34-29(37)26-11-5-13-38-26/h1-3,5-7,9-11,13-15,20,31,35H,4,8,12,17H2,(H,32,36)(H,33,34,37). The summed E-state index contributed by atoms with van der Waals surface area (Å²) in [6.07, 6.45) is 1.92. The van der Waals surface area contributed by atoms with E-state index in [4.69, 9.17) is 0 Å². The zero-order chi connectivity index (χ0) is 26.5. The number of carbonyl (C=O) groups is 2. The van der Waals surface area contributed by atoms with Gasteiger partial charge in [0.15, 0.2) is 5.82 Å². The molecule has 4 N–H and O–H groups in total. The molecule has 0 spiro atoms. The van der Waals surface area contributed by atoms with E-state index in [1.807, 2.05) is 0 Å². The van der Waals surface area contributed by atoms with Gasteiger partial charge in [-0.25, -0.2) is 4.98 Å². The highest BCUT2D eigenvalue weighted by atomic mass is 32.1. The van der Waals surface area contributed by atoms with Crippen molar-refractivity contribution in [1.29, 1.82) is 5.26 Å². The molecule has 1 unspecified atom stereocenters. The lowest BCUT2D eigenvalue weighted by Gasteiger charge is -2.23. The molecule has 9 heteroatoms. The van der Waals surface area contributed by atoms with Crippen molar-refractivity contribution in [2.24, 2.45) is 0 Å². The Hall–Kier alpha value is -4.52. The zero-order valence-corrected chi connectivity index (χ0v) is 21.2. The molecule has 2 amide bonds. The van der Waals surface area contributed by atoms with Crippen LogP contribution in [0.1, 0.15) is 38.4 Å². The van der Waals surface area contributed by atoms with Crippen LogP contribution in [-0.2, 0) is 0 Å². The van der Waals surface area contributed by atoms with Crippen LogP contribution in [0.3, 0.4) is 0 Å². The fourth-order valence-electron chi connectivity index (χ4n) is 4.45. The number of amides is 2. The summed E-state index contributed by atoms with van der Waals surface area (Å²) in [7, 11) is 0. The first kappa shape index (κ1) is 25.1. The lowest BCUT2D eigenvalue weighted by Crippen LogP contribution is -2.45. The number of thiophene rings is 1. The van der Waals surface area contributed by atoms with Crippen molar-refractivity contribution in [3.63, 3.8) is 0 Å². The highest BCUT2D eigenvalue weighted by Crippen LogP contribution is 2.36. The molecule has 1 aliphatic rings. The van der Waals surface area contributed by atoms with Crippen molar-refractivity contribution in [2.75, 3.05) is 18.4 Å². The van der Waals surface area contributed by atoms with Gasteiger partial charge in [-0.3, -0.25) is 9.59 Å². The van der Waals surface area contributed by atoms with Gasteiger partial charge in [0, 0.05) is 29.3 Å². The molecule has 190 valence electrons. The summed E-state index contributed by atoms with van der Waals surface area (Å²) in [5.74, 6) is -0.496. The maximum absolute atomic E-state index is 13.0. The van der Waals surface area contributed by atoms with Gasteiger partial charge in [-0.05, 0) is 66.7 Å². The van der Waals surface area contributed by atoms with E-state index in [1.54, 1.807) is 72.1 Å². The van der Waals surface area contributed by atoms with Gasteiger partial charge >= 0.3 is 0 Å². The fourth-order valence-corrected chi connectivity index (χ4v) is 5.07. The van der Waals surface area contributed by atoms with E-state index in [0.29, 0.717) is 32.8 Å². The Morgan fingerprint density at radius 2 is 1.92 bits per heavy atom. The first-order valence-corrected chi connectivity index (χ1v) is 13.1. The maximum atomic E-state index is 13.0. The monoisotopic (exact) mass is 523 g/mol. The van der Waals surface area contributed by atoms with E-state index in [9.17, 15) is 20.0 Å². The SMILES string of the molecule is N#Cc1c(-c2cccc(C(=O)NC3CCCNC3)c2)cc(-c2ccccc2O)nc1NC(=O)c1cccs1. The normalized spacial score (nSPS) is 14.9. The molecule has 0 radical (unpaired) electrons. The average molecular weight is 524 g/mol. The van der Waals surface area contributed by atoms with Crippen LogP contribution in [0.2, 0.25) is 0 Å². The summed E-state index contributed by atoms with van der Waals surface area (Å²) in [6, 6.07) is 21.1. The molecule has 4 aromatic rings. The molecule has 2 aromatic heterocycles. The van der Waals surface area contributed by atoms with Gasteiger partial charge in [-0.1, -0.05) is 30.3 Å². The number of rotatable bonds is 6. The zero-order valence-electron chi connectivity index (χ0n) is 20.4.